The summed E-state index contributed by atoms with van der Waals surface area (Å²) in [6.07, 6.45) is 5.10. The Bertz CT molecular complexity index is 1730. The Morgan fingerprint density at radius 3 is 2.53 bits per heavy atom. The predicted octanol–water partition coefficient (Wildman–Crippen LogP) is 3.14. The number of halogens is 1. The summed E-state index contributed by atoms with van der Waals surface area (Å²) in [5.74, 6) is -3.06. The minimum Gasteiger partial charge on any atom is -0.444 e. The van der Waals surface area contributed by atoms with Crippen LogP contribution in [0.3, 0.4) is 0 Å². The summed E-state index contributed by atoms with van der Waals surface area (Å²) in [4.78, 5) is 70.8. The Hall–Kier alpha value is -4.21. The van der Waals surface area contributed by atoms with E-state index in [1.54, 1.807) is 32.9 Å². The van der Waals surface area contributed by atoms with Crippen molar-refractivity contribution in [1.29, 1.82) is 0 Å². The van der Waals surface area contributed by atoms with Crippen LogP contribution in [0.25, 0.3) is 0 Å². The molecule has 3 fully saturated rings. The highest BCUT2D eigenvalue weighted by Crippen LogP contribution is 2.46. The van der Waals surface area contributed by atoms with Crippen molar-refractivity contribution in [2.45, 2.75) is 126 Å². The van der Waals surface area contributed by atoms with Crippen molar-refractivity contribution in [3.8, 4) is 0 Å². The molecule has 1 aromatic rings. The van der Waals surface area contributed by atoms with Crippen molar-refractivity contribution in [3.63, 3.8) is 0 Å². The van der Waals surface area contributed by atoms with Crippen LogP contribution in [0.15, 0.2) is 30.4 Å². The van der Waals surface area contributed by atoms with Crippen molar-refractivity contribution < 1.29 is 46.3 Å². The summed E-state index contributed by atoms with van der Waals surface area (Å²) < 4.78 is 53.3. The van der Waals surface area contributed by atoms with Crippen LogP contribution in [-0.4, -0.2) is 89.2 Å². The van der Waals surface area contributed by atoms with Gasteiger partial charge in [0.2, 0.25) is 21.8 Å². The molecular weight excluding hydrogens is 685 g/mol. The number of nitrogens with zero attached hydrogens (tertiary/aromatic N) is 2. The highest BCUT2D eigenvalue weighted by atomic mass is 32.2. The van der Waals surface area contributed by atoms with E-state index in [9.17, 15) is 36.8 Å². The van der Waals surface area contributed by atoms with Gasteiger partial charge >= 0.3 is 12.2 Å². The second-order valence-corrected chi connectivity index (χ2v) is 17.2. The molecule has 0 spiro atoms. The number of hydrogen-bond donors (Lipinski definition) is 3. The van der Waals surface area contributed by atoms with Crippen LogP contribution in [0.5, 0.6) is 0 Å². The van der Waals surface area contributed by atoms with E-state index in [0.717, 1.165) is 12.8 Å². The number of hydrogen-bond acceptors (Lipinski definition) is 9. The zero-order valence-electron chi connectivity index (χ0n) is 29.1. The summed E-state index contributed by atoms with van der Waals surface area (Å²) in [7, 11) is -3.92. The molecular formula is C35H46FN5O9S. The quantitative estimate of drug-likeness (QED) is 0.384. The molecule has 3 heterocycles. The van der Waals surface area contributed by atoms with Gasteiger partial charge in [0.15, 0.2) is 0 Å². The standard InChI is InChI=1S/C35H46FN5O9S/c1-34(2,3)50-32(45)37-27-13-8-6-4-5-7-11-22-17-35(22,31(44)39-51(47,48)24-14-15-24)38-29(42)28-16-23(19-41(28)30(27)43)49-33(46)40-18-21-10-9-12-26(36)25(21)20-40/h7,9-12,22-24,27-28H,4-6,8,13-20H2,1-3H3,(H,37,45)(H,38,42)(H,39,44)/b11-7-/t22?,23-,27+,28+,35-/m1/s1. The van der Waals surface area contributed by atoms with Crippen LogP contribution in [0.2, 0.25) is 0 Å². The van der Waals surface area contributed by atoms with Crippen LogP contribution in [0.1, 0.15) is 89.7 Å². The molecule has 5 atom stereocenters. The molecule has 0 bridgehead atoms. The lowest BCUT2D eigenvalue weighted by Gasteiger charge is -2.30. The van der Waals surface area contributed by atoms with Gasteiger partial charge in [-0.1, -0.05) is 37.1 Å². The number of amides is 5. The maximum Gasteiger partial charge on any atom is 0.410 e. The molecule has 0 radical (unpaired) electrons. The molecule has 16 heteroatoms. The molecule has 5 aliphatic rings. The third-order valence-electron chi connectivity index (χ3n) is 9.99. The van der Waals surface area contributed by atoms with Gasteiger partial charge in [0.05, 0.1) is 18.3 Å². The normalized spacial score (nSPS) is 28.9. The van der Waals surface area contributed by atoms with Crippen molar-refractivity contribution in [2.24, 2.45) is 5.92 Å². The SMILES string of the molecule is CC(C)(C)OC(=O)N[C@H]1CCCCC/C=C\C2C[C@@]2(C(=O)NS(=O)(=O)C2CC2)NC(=O)[C@@H]2C[C@@H](OC(=O)N3Cc4cccc(F)c4C3)CN2C1=O. The summed E-state index contributed by atoms with van der Waals surface area (Å²) in [5.41, 5.74) is -1.36. The Morgan fingerprint density at radius 2 is 1.82 bits per heavy atom. The molecule has 5 amide bonds. The molecule has 1 unspecified atom stereocenters. The van der Waals surface area contributed by atoms with E-state index in [2.05, 4.69) is 15.4 Å². The number of allylic oxidation sites excluding steroid dienone is 1. The molecule has 278 valence electrons. The van der Waals surface area contributed by atoms with E-state index in [0.29, 0.717) is 36.8 Å². The number of alkyl carbamates (subject to hydrolysis) is 1. The van der Waals surface area contributed by atoms with Crippen LogP contribution < -0.4 is 15.4 Å². The highest BCUT2D eigenvalue weighted by molar-refractivity contribution is 7.91. The van der Waals surface area contributed by atoms with Gasteiger partial charge in [-0.3, -0.25) is 24.0 Å². The van der Waals surface area contributed by atoms with Gasteiger partial charge < -0.3 is 25.0 Å². The van der Waals surface area contributed by atoms with Gasteiger partial charge in [-0.25, -0.2) is 22.4 Å². The summed E-state index contributed by atoms with van der Waals surface area (Å²) in [6.45, 7) is 5.01. The molecule has 2 aliphatic carbocycles. The number of fused-ring (bicyclic) bond motifs is 3. The minimum atomic E-state index is -3.92. The second-order valence-electron chi connectivity index (χ2n) is 15.2. The second kappa shape index (κ2) is 14.1. The van der Waals surface area contributed by atoms with E-state index >= 15 is 0 Å². The van der Waals surface area contributed by atoms with Crippen LogP contribution >= 0.6 is 0 Å². The lowest BCUT2D eigenvalue weighted by Crippen LogP contribution is -2.58. The van der Waals surface area contributed by atoms with Gasteiger partial charge in [0.25, 0.3) is 5.91 Å². The fraction of sp³-hybridized carbons (Fsp3) is 0.629. The number of sulfonamides is 1. The fourth-order valence-corrected chi connectivity index (χ4v) is 8.39. The largest absolute Gasteiger partial charge is 0.444 e. The zero-order chi connectivity index (χ0) is 36.7. The molecule has 2 saturated carbocycles. The Labute approximate surface area is 296 Å². The van der Waals surface area contributed by atoms with Crippen molar-refractivity contribution >= 4 is 39.9 Å². The van der Waals surface area contributed by atoms with Gasteiger partial charge in [-0.2, -0.15) is 0 Å². The molecule has 14 nitrogen and oxygen atoms in total. The number of nitrogens with one attached hydrogen (secondary N) is 3. The number of ether oxygens (including phenoxy) is 2. The maximum absolute atomic E-state index is 14.4. The lowest BCUT2D eigenvalue weighted by atomic mass is 10.0. The van der Waals surface area contributed by atoms with Crippen LogP contribution in [0.4, 0.5) is 14.0 Å². The molecule has 6 rings (SSSR count). The minimum absolute atomic E-state index is 0.00168. The maximum atomic E-state index is 14.4. The van der Waals surface area contributed by atoms with Crippen LogP contribution in [0, 0.1) is 11.7 Å². The topological polar surface area (TPSA) is 181 Å². The third kappa shape index (κ3) is 8.31. The van der Waals surface area contributed by atoms with Gasteiger partial charge in [0, 0.05) is 24.4 Å². The number of carbonyl (C=O) groups excluding carboxylic acids is 5. The zero-order valence-corrected chi connectivity index (χ0v) is 29.9. The van der Waals surface area contributed by atoms with Crippen molar-refractivity contribution in [1.82, 2.24) is 25.2 Å². The molecule has 0 aromatic heterocycles. The summed E-state index contributed by atoms with van der Waals surface area (Å²) in [5, 5.41) is 4.79. The Kier molecular flexibility index (Phi) is 10.1. The molecule has 1 aromatic carbocycles. The first-order valence-electron chi connectivity index (χ1n) is 17.6. The van der Waals surface area contributed by atoms with E-state index in [1.165, 1.54) is 15.9 Å². The van der Waals surface area contributed by atoms with E-state index in [1.807, 2.05) is 12.2 Å². The molecule has 3 aliphatic heterocycles. The van der Waals surface area contributed by atoms with Gasteiger partial charge in [-0.15, -0.1) is 0 Å². The lowest BCUT2D eigenvalue weighted by molar-refractivity contribution is -0.141. The van der Waals surface area contributed by atoms with Crippen molar-refractivity contribution in [2.75, 3.05) is 6.54 Å². The first kappa shape index (κ1) is 36.6. The molecule has 3 N–H and O–H groups in total. The fourth-order valence-electron chi connectivity index (χ4n) is 7.02. The van der Waals surface area contributed by atoms with Crippen LogP contribution in [-0.2, 0) is 47.0 Å². The molecule has 1 saturated heterocycles. The van der Waals surface area contributed by atoms with E-state index in [4.69, 9.17) is 9.47 Å². The van der Waals surface area contributed by atoms with E-state index < -0.39 is 86.2 Å². The Morgan fingerprint density at radius 1 is 1.06 bits per heavy atom. The predicted molar refractivity (Wildman–Crippen MR) is 180 cm³/mol. The third-order valence-corrected chi connectivity index (χ3v) is 11.8. The van der Waals surface area contributed by atoms with Crippen molar-refractivity contribution in [3.05, 3.63) is 47.3 Å². The number of rotatable bonds is 5. The first-order chi connectivity index (χ1) is 24.1. The number of carbonyl (C=O) groups is 5. The van der Waals surface area contributed by atoms with E-state index in [-0.39, 0.29) is 38.9 Å². The van der Waals surface area contributed by atoms with Gasteiger partial charge in [0.1, 0.15) is 35.1 Å². The average Bonchev–Trinajstić information content (AvgIpc) is 3.93. The number of benzene rings is 1. The summed E-state index contributed by atoms with van der Waals surface area (Å²) in [6, 6.07) is 2.30. The highest BCUT2D eigenvalue weighted by Gasteiger charge is 2.62. The van der Waals surface area contributed by atoms with Gasteiger partial charge in [-0.05, 0) is 70.9 Å². The summed E-state index contributed by atoms with van der Waals surface area (Å²) >= 11 is 0. The molecule has 51 heavy (non-hydrogen) atoms. The Balaban J connectivity index is 1.25. The smallest absolute Gasteiger partial charge is 0.410 e. The monoisotopic (exact) mass is 731 g/mol. The first-order valence-corrected chi connectivity index (χ1v) is 19.2. The average molecular weight is 732 g/mol.